The Labute approximate surface area is 119 Å². The molecule has 0 bridgehead atoms. The molecular formula is C18H16FP. The normalized spacial score (nSPS) is 12.1. The molecule has 0 N–H and O–H groups in total. The van der Waals surface area contributed by atoms with Crippen LogP contribution in [-0.4, -0.2) is 0 Å². The van der Waals surface area contributed by atoms with Crippen molar-refractivity contribution in [3.05, 3.63) is 91.0 Å². The number of rotatable bonds is 3. The topological polar surface area (TPSA) is 0 Å². The zero-order chi connectivity index (χ0) is 13.8. The molecule has 20 heavy (non-hydrogen) atoms. The molecule has 0 nitrogen and oxygen atoms in total. The van der Waals surface area contributed by atoms with Crippen molar-refractivity contribution in [2.24, 2.45) is 0 Å². The summed E-state index contributed by atoms with van der Waals surface area (Å²) in [4.78, 5) is 0. The van der Waals surface area contributed by atoms with Gasteiger partial charge in [0.2, 0.25) is 0 Å². The van der Waals surface area contributed by atoms with Gasteiger partial charge in [-0.25, -0.2) is 0 Å². The molecule has 3 aromatic rings. The van der Waals surface area contributed by atoms with E-state index in [1.165, 1.54) is 0 Å². The summed E-state index contributed by atoms with van der Waals surface area (Å²) < 4.78 is 16.1. The second-order valence-corrected chi connectivity index (χ2v) is 7.81. The van der Waals surface area contributed by atoms with E-state index < -0.39 is 7.57 Å². The summed E-state index contributed by atoms with van der Waals surface area (Å²) in [5, 5.41) is 2.37. The van der Waals surface area contributed by atoms with E-state index in [-0.39, 0.29) is 0 Å². The second-order valence-electron chi connectivity index (χ2n) is 4.76. The molecule has 3 rings (SSSR count). The fourth-order valence-electron chi connectivity index (χ4n) is 2.50. The van der Waals surface area contributed by atoms with E-state index in [0.717, 1.165) is 15.9 Å². The molecule has 0 aromatic heterocycles. The van der Waals surface area contributed by atoms with Gasteiger partial charge in [0.25, 0.3) is 0 Å². The predicted octanol–water partition coefficient (Wildman–Crippen LogP) is 3.60. The quantitative estimate of drug-likeness (QED) is 0.644. The summed E-state index contributed by atoms with van der Waals surface area (Å²) in [6.45, 7) is 0. The van der Waals surface area contributed by atoms with Crippen LogP contribution in [0.3, 0.4) is 0 Å². The van der Waals surface area contributed by atoms with Gasteiger partial charge in [-0.05, 0) is 0 Å². The molecule has 0 atom stereocenters. The van der Waals surface area contributed by atoms with Crippen molar-refractivity contribution in [1.82, 2.24) is 0 Å². The van der Waals surface area contributed by atoms with Gasteiger partial charge in [-0.3, -0.25) is 0 Å². The van der Waals surface area contributed by atoms with Gasteiger partial charge in [0.1, 0.15) is 0 Å². The van der Waals surface area contributed by atoms with Gasteiger partial charge >= 0.3 is 119 Å². The fraction of sp³-hybridized carbons (Fsp3) is 0. The molecule has 0 radical (unpaired) electrons. The van der Waals surface area contributed by atoms with Crippen LogP contribution in [0.25, 0.3) is 0 Å². The third-order valence-corrected chi connectivity index (χ3v) is 6.90. The molecule has 3 aromatic carbocycles. The van der Waals surface area contributed by atoms with E-state index >= 15 is 4.20 Å². The van der Waals surface area contributed by atoms with E-state index in [1.807, 2.05) is 91.0 Å². The third-order valence-electron chi connectivity index (χ3n) is 3.51. The molecule has 0 fully saturated rings. The molecule has 0 aliphatic heterocycles. The minimum atomic E-state index is -3.38. The van der Waals surface area contributed by atoms with Gasteiger partial charge in [-0.15, -0.1) is 0 Å². The van der Waals surface area contributed by atoms with Crippen molar-refractivity contribution in [3.63, 3.8) is 0 Å². The van der Waals surface area contributed by atoms with Crippen LogP contribution in [0.4, 0.5) is 4.20 Å². The van der Waals surface area contributed by atoms with Crippen molar-refractivity contribution in [1.29, 1.82) is 0 Å². The first kappa shape index (κ1) is 13.0. The molecule has 0 amide bonds. The molecule has 0 heterocycles. The minimum absolute atomic E-state index is 0.789. The van der Waals surface area contributed by atoms with Crippen molar-refractivity contribution in [3.8, 4) is 0 Å². The Bertz CT molecular complexity index is 569. The van der Waals surface area contributed by atoms with Crippen molar-refractivity contribution < 1.29 is 4.20 Å². The second kappa shape index (κ2) is 5.56. The maximum absolute atomic E-state index is 16.1. The summed E-state index contributed by atoms with van der Waals surface area (Å²) in [5.41, 5.74) is 0. The van der Waals surface area contributed by atoms with Gasteiger partial charge in [-0.2, -0.15) is 0 Å². The molecule has 0 spiro atoms. The molecular weight excluding hydrogens is 266 g/mol. The molecule has 0 saturated carbocycles. The van der Waals surface area contributed by atoms with Crippen molar-refractivity contribution in [2.75, 3.05) is 0 Å². The fourth-order valence-corrected chi connectivity index (χ4v) is 5.46. The zero-order valence-corrected chi connectivity index (χ0v) is 12.0. The standard InChI is InChI=1S/C18H16FP/c19-20(16-10-4-1-5-11-16,17-12-6-2-7-13-17)18-14-8-3-9-15-18/h1-15,20H. The molecule has 100 valence electrons. The van der Waals surface area contributed by atoms with E-state index in [9.17, 15) is 0 Å². The van der Waals surface area contributed by atoms with E-state index in [4.69, 9.17) is 0 Å². The summed E-state index contributed by atoms with van der Waals surface area (Å²) in [7, 11) is -3.38. The van der Waals surface area contributed by atoms with E-state index in [0.29, 0.717) is 0 Å². The van der Waals surface area contributed by atoms with Gasteiger partial charge in [0.05, 0.1) is 0 Å². The summed E-state index contributed by atoms with van der Waals surface area (Å²) in [6.07, 6.45) is 0. The van der Waals surface area contributed by atoms with Crippen LogP contribution in [0.1, 0.15) is 0 Å². The molecule has 0 aliphatic rings. The monoisotopic (exact) mass is 282 g/mol. The van der Waals surface area contributed by atoms with Gasteiger partial charge in [0.15, 0.2) is 0 Å². The van der Waals surface area contributed by atoms with Crippen LogP contribution in [-0.2, 0) is 0 Å². The van der Waals surface area contributed by atoms with Gasteiger partial charge < -0.3 is 0 Å². The first-order valence-corrected chi connectivity index (χ1v) is 8.55. The zero-order valence-electron chi connectivity index (χ0n) is 11.0. The van der Waals surface area contributed by atoms with Gasteiger partial charge in [0, 0.05) is 0 Å². The Morgan fingerprint density at radius 3 is 0.950 bits per heavy atom. The number of hydrogen-bond donors (Lipinski definition) is 0. The number of halogens is 1. The van der Waals surface area contributed by atoms with Crippen LogP contribution in [0.5, 0.6) is 0 Å². The molecule has 0 saturated heterocycles. The Morgan fingerprint density at radius 1 is 0.450 bits per heavy atom. The average molecular weight is 282 g/mol. The molecule has 2 heteroatoms. The van der Waals surface area contributed by atoms with Crippen molar-refractivity contribution >= 4 is 23.5 Å². The summed E-state index contributed by atoms with van der Waals surface area (Å²) in [5.74, 6) is 0. The van der Waals surface area contributed by atoms with Crippen LogP contribution in [0.2, 0.25) is 0 Å². The maximum atomic E-state index is 16.1. The summed E-state index contributed by atoms with van der Waals surface area (Å²) in [6, 6.07) is 28.6. The first-order valence-electron chi connectivity index (χ1n) is 6.67. The molecule has 0 unspecified atom stereocenters. The predicted molar refractivity (Wildman–Crippen MR) is 87.7 cm³/mol. The Morgan fingerprint density at radius 2 is 0.700 bits per heavy atom. The van der Waals surface area contributed by atoms with E-state index in [2.05, 4.69) is 0 Å². The first-order chi connectivity index (χ1) is 9.82. The average Bonchev–Trinajstić information content (AvgIpc) is 2.56. The van der Waals surface area contributed by atoms with Crippen LogP contribution in [0, 0.1) is 0 Å². The van der Waals surface area contributed by atoms with E-state index in [1.54, 1.807) is 0 Å². The van der Waals surface area contributed by atoms with Crippen LogP contribution >= 0.6 is 7.57 Å². The molecule has 0 aliphatic carbocycles. The Hall–Kier alpha value is -1.98. The Balaban J connectivity index is 2.24. The third kappa shape index (κ3) is 2.26. The van der Waals surface area contributed by atoms with Crippen LogP contribution < -0.4 is 15.9 Å². The summed E-state index contributed by atoms with van der Waals surface area (Å²) >= 11 is 0. The SMILES string of the molecule is F[PH](c1ccccc1)(c1ccccc1)c1ccccc1. The van der Waals surface area contributed by atoms with Gasteiger partial charge in [-0.1, -0.05) is 0 Å². The Kier molecular flexibility index (Phi) is 3.62. The number of benzene rings is 3. The number of hydrogen-bond acceptors (Lipinski definition) is 0. The van der Waals surface area contributed by atoms with Crippen LogP contribution in [0.15, 0.2) is 91.0 Å². The van der Waals surface area contributed by atoms with Crippen molar-refractivity contribution in [2.45, 2.75) is 0 Å².